The van der Waals surface area contributed by atoms with Gasteiger partial charge in [0.1, 0.15) is 13.1 Å². The molecule has 0 atom stereocenters. The largest absolute Gasteiger partial charge is 0.445 e. The zero-order valence-corrected chi connectivity index (χ0v) is 6.76. The molecule has 0 unspecified atom stereocenters. The highest BCUT2D eigenvalue weighted by molar-refractivity contribution is 6.22. The highest BCUT2D eigenvalue weighted by atomic mass is 19.1. The van der Waals surface area contributed by atoms with Gasteiger partial charge in [-0.3, -0.25) is 0 Å². The Kier molecular flexibility index (Phi) is 5.83. The van der Waals surface area contributed by atoms with Crippen LogP contribution in [-0.4, -0.2) is 25.3 Å². The summed E-state index contributed by atoms with van der Waals surface area (Å²) in [5.41, 5.74) is 0. The summed E-state index contributed by atoms with van der Waals surface area (Å²) >= 11 is 0. The second-order valence-electron chi connectivity index (χ2n) is 2.33. The molecule has 0 spiro atoms. The highest BCUT2D eigenvalue weighted by Gasteiger charge is 2.01. The van der Waals surface area contributed by atoms with Crippen LogP contribution in [0.3, 0.4) is 0 Å². The standard InChI is InChI=1S/C6H12BF2NO/c1-6(2)11-5-10(7-9)4-3-8/h3-4,6-7H,5H2,1-2H3/b4-3+. The maximum absolute atomic E-state index is 11.9. The molecule has 0 saturated carbocycles. The number of ether oxygens (including phenoxy) is 1. The lowest BCUT2D eigenvalue weighted by Gasteiger charge is -2.16. The molecule has 64 valence electrons. The van der Waals surface area contributed by atoms with Gasteiger partial charge in [0.25, 0.3) is 0 Å². The van der Waals surface area contributed by atoms with E-state index in [0.717, 1.165) is 11.0 Å². The molecule has 0 aliphatic rings. The Morgan fingerprint density at radius 1 is 1.64 bits per heavy atom. The molecule has 0 saturated heterocycles. The summed E-state index contributed by atoms with van der Waals surface area (Å²) in [4.78, 5) is 1.08. The van der Waals surface area contributed by atoms with Gasteiger partial charge in [0, 0.05) is 6.20 Å². The van der Waals surface area contributed by atoms with E-state index in [4.69, 9.17) is 4.74 Å². The van der Waals surface area contributed by atoms with Gasteiger partial charge >= 0.3 is 7.69 Å². The van der Waals surface area contributed by atoms with E-state index in [0.29, 0.717) is 0 Å². The molecule has 0 aromatic heterocycles. The van der Waals surface area contributed by atoms with Gasteiger partial charge in [0.15, 0.2) is 0 Å². The Labute approximate surface area is 66.1 Å². The third kappa shape index (κ3) is 5.85. The molecular weight excluding hydrogens is 151 g/mol. The minimum atomic E-state index is -0.743. The third-order valence-electron chi connectivity index (χ3n) is 0.994. The SMILES string of the molecule is CC(C)OCN(BF)/C=C/F. The second kappa shape index (κ2) is 6.16. The van der Waals surface area contributed by atoms with Crippen LogP contribution in [0.4, 0.5) is 8.71 Å². The van der Waals surface area contributed by atoms with Crippen molar-refractivity contribution in [3.8, 4) is 0 Å². The average Bonchev–Trinajstić information content (AvgIpc) is 1.97. The molecule has 0 fully saturated rings. The summed E-state index contributed by atoms with van der Waals surface area (Å²) in [7, 11) is -0.743. The average molecular weight is 163 g/mol. The van der Waals surface area contributed by atoms with Gasteiger partial charge in [-0.25, -0.2) is 4.39 Å². The van der Waals surface area contributed by atoms with Gasteiger partial charge in [-0.15, -0.1) is 0 Å². The molecule has 0 heterocycles. The van der Waals surface area contributed by atoms with Crippen molar-refractivity contribution in [2.75, 3.05) is 6.73 Å². The Hall–Kier alpha value is -0.575. The normalized spacial score (nSPS) is 11.0. The first-order valence-corrected chi connectivity index (χ1v) is 3.39. The molecule has 0 rings (SSSR count). The van der Waals surface area contributed by atoms with E-state index in [1.165, 1.54) is 0 Å². The summed E-state index contributed by atoms with van der Waals surface area (Å²) in [5.74, 6) is 0. The van der Waals surface area contributed by atoms with Crippen LogP contribution in [0.1, 0.15) is 13.8 Å². The number of halogens is 2. The Morgan fingerprint density at radius 3 is 2.64 bits per heavy atom. The first kappa shape index (κ1) is 10.4. The molecular formula is C6H12BF2NO. The highest BCUT2D eigenvalue weighted by Crippen LogP contribution is 1.93. The summed E-state index contributed by atoms with van der Waals surface area (Å²) in [6.45, 7) is 3.74. The molecule has 0 aromatic rings. The van der Waals surface area contributed by atoms with Crippen molar-refractivity contribution < 1.29 is 13.4 Å². The lowest BCUT2D eigenvalue weighted by molar-refractivity contribution is 0.0387. The maximum atomic E-state index is 11.9. The van der Waals surface area contributed by atoms with Gasteiger partial charge < -0.3 is 13.9 Å². The zero-order valence-electron chi connectivity index (χ0n) is 6.76. The first-order valence-electron chi connectivity index (χ1n) is 3.39. The molecule has 2 nitrogen and oxygen atoms in total. The fourth-order valence-electron chi connectivity index (χ4n) is 0.442. The van der Waals surface area contributed by atoms with E-state index in [1.54, 1.807) is 0 Å². The lowest BCUT2D eigenvalue weighted by Crippen LogP contribution is -2.24. The quantitative estimate of drug-likeness (QED) is 0.448. The molecule has 0 bridgehead atoms. The van der Waals surface area contributed by atoms with Crippen molar-refractivity contribution in [2.24, 2.45) is 0 Å². The van der Waals surface area contributed by atoms with Gasteiger partial charge in [-0.2, -0.15) is 0 Å². The molecule has 0 amide bonds. The molecule has 0 N–H and O–H groups in total. The van der Waals surface area contributed by atoms with Crippen LogP contribution in [0, 0.1) is 0 Å². The number of hydrogen-bond donors (Lipinski definition) is 0. The predicted octanol–water partition coefficient (Wildman–Crippen LogP) is 1.35. The summed E-state index contributed by atoms with van der Waals surface area (Å²) in [5, 5.41) is 0. The number of rotatable bonds is 5. The van der Waals surface area contributed by atoms with Gasteiger partial charge in [-0.05, 0) is 13.8 Å². The van der Waals surface area contributed by atoms with Gasteiger partial charge in [0.05, 0.1) is 6.10 Å². The van der Waals surface area contributed by atoms with Crippen molar-refractivity contribution in [3.63, 3.8) is 0 Å². The first-order chi connectivity index (χ1) is 5.20. The lowest BCUT2D eigenvalue weighted by atomic mass is 10.3. The molecule has 0 aliphatic heterocycles. The summed E-state index contributed by atoms with van der Waals surface area (Å²) in [6.07, 6.45) is 1.31. The van der Waals surface area contributed by atoms with E-state index in [-0.39, 0.29) is 19.2 Å². The van der Waals surface area contributed by atoms with Crippen LogP contribution in [0.25, 0.3) is 0 Å². The molecule has 0 aromatic carbocycles. The monoisotopic (exact) mass is 163 g/mol. The Balaban J connectivity index is 3.52. The molecule has 11 heavy (non-hydrogen) atoms. The fraction of sp³-hybridized carbons (Fsp3) is 0.667. The molecule has 5 heteroatoms. The fourth-order valence-corrected chi connectivity index (χ4v) is 0.442. The number of nitrogens with zero attached hydrogens (tertiary/aromatic N) is 1. The minimum Gasteiger partial charge on any atom is -0.371 e. The minimum absolute atomic E-state index is 0.0251. The van der Waals surface area contributed by atoms with Gasteiger partial charge in [-0.1, -0.05) is 0 Å². The Morgan fingerprint density at radius 2 is 2.27 bits per heavy atom. The van der Waals surface area contributed by atoms with Crippen LogP contribution in [0.5, 0.6) is 0 Å². The number of hydrogen-bond acceptors (Lipinski definition) is 2. The third-order valence-corrected chi connectivity index (χ3v) is 0.994. The van der Waals surface area contributed by atoms with E-state index >= 15 is 0 Å². The van der Waals surface area contributed by atoms with Crippen molar-refractivity contribution in [3.05, 3.63) is 12.5 Å². The summed E-state index contributed by atoms with van der Waals surface area (Å²) in [6, 6.07) is 0. The van der Waals surface area contributed by atoms with E-state index in [1.807, 2.05) is 13.8 Å². The second-order valence-corrected chi connectivity index (χ2v) is 2.33. The predicted molar refractivity (Wildman–Crippen MR) is 41.4 cm³/mol. The van der Waals surface area contributed by atoms with E-state index < -0.39 is 7.69 Å². The smallest absolute Gasteiger partial charge is 0.371 e. The summed E-state index contributed by atoms with van der Waals surface area (Å²) < 4.78 is 28.4. The topological polar surface area (TPSA) is 12.5 Å². The maximum Gasteiger partial charge on any atom is 0.445 e. The van der Waals surface area contributed by atoms with Crippen LogP contribution >= 0.6 is 0 Å². The van der Waals surface area contributed by atoms with Crippen LogP contribution < -0.4 is 0 Å². The zero-order chi connectivity index (χ0) is 8.69. The van der Waals surface area contributed by atoms with E-state index in [9.17, 15) is 8.71 Å². The van der Waals surface area contributed by atoms with Crippen molar-refractivity contribution in [1.82, 2.24) is 4.81 Å². The van der Waals surface area contributed by atoms with Crippen LogP contribution in [-0.2, 0) is 4.74 Å². The van der Waals surface area contributed by atoms with Crippen LogP contribution in [0.15, 0.2) is 12.5 Å². The van der Waals surface area contributed by atoms with E-state index in [2.05, 4.69) is 0 Å². The van der Waals surface area contributed by atoms with Crippen molar-refractivity contribution in [2.45, 2.75) is 20.0 Å². The van der Waals surface area contributed by atoms with Crippen molar-refractivity contribution >= 4 is 7.69 Å². The Bertz CT molecular complexity index is 121. The molecule has 0 radical (unpaired) electrons. The molecule has 0 aliphatic carbocycles. The van der Waals surface area contributed by atoms with Crippen LogP contribution in [0.2, 0.25) is 0 Å². The van der Waals surface area contributed by atoms with Gasteiger partial charge in [0.2, 0.25) is 0 Å². The van der Waals surface area contributed by atoms with Crippen molar-refractivity contribution in [1.29, 1.82) is 0 Å².